The third-order valence-electron chi connectivity index (χ3n) is 3.98. The molecule has 0 aliphatic rings. The molecule has 0 saturated heterocycles. The number of ether oxygens (including phenoxy) is 2. The monoisotopic (exact) mass is 415 g/mol. The van der Waals surface area contributed by atoms with Crippen LogP contribution in [0.2, 0.25) is 0 Å². The van der Waals surface area contributed by atoms with Crippen molar-refractivity contribution < 1.29 is 24.0 Å². The van der Waals surface area contributed by atoms with Crippen molar-refractivity contribution in [1.82, 2.24) is 4.57 Å². The van der Waals surface area contributed by atoms with Crippen molar-refractivity contribution >= 4 is 39.1 Å². The van der Waals surface area contributed by atoms with E-state index < -0.39 is 16.8 Å². The first-order valence-corrected chi connectivity index (χ1v) is 9.41. The van der Waals surface area contributed by atoms with Crippen molar-refractivity contribution in [3.8, 4) is 5.75 Å². The Bertz CT molecular complexity index is 1160. The van der Waals surface area contributed by atoms with E-state index in [4.69, 9.17) is 9.47 Å². The highest BCUT2D eigenvalue weighted by atomic mass is 32.1. The number of nitrogens with zero attached hydrogens (tertiary/aromatic N) is 3. The zero-order valence-electron chi connectivity index (χ0n) is 15.7. The van der Waals surface area contributed by atoms with Gasteiger partial charge in [-0.05, 0) is 25.1 Å². The van der Waals surface area contributed by atoms with Gasteiger partial charge in [-0.2, -0.15) is 4.99 Å². The van der Waals surface area contributed by atoms with Crippen molar-refractivity contribution in [3.05, 3.63) is 62.9 Å². The van der Waals surface area contributed by atoms with Gasteiger partial charge in [-0.1, -0.05) is 23.5 Å². The van der Waals surface area contributed by atoms with Gasteiger partial charge in [-0.15, -0.1) is 0 Å². The maximum Gasteiger partial charge on any atom is 0.326 e. The maximum atomic E-state index is 12.6. The number of hydrogen-bond acceptors (Lipinski definition) is 7. The van der Waals surface area contributed by atoms with Gasteiger partial charge in [0.25, 0.3) is 11.6 Å². The van der Waals surface area contributed by atoms with E-state index >= 15 is 0 Å². The highest BCUT2D eigenvalue weighted by Crippen LogP contribution is 2.27. The Labute approximate surface area is 169 Å². The molecule has 0 bridgehead atoms. The molecule has 0 spiro atoms. The SMILES string of the molecule is CCOC(=O)Cn1c(=NC(=O)c2cccc([N+](=O)[O-])c2)sc2cccc(OC)c21. The molecule has 2 aromatic carbocycles. The number of methoxy groups -OCH3 is 1. The second-order valence-electron chi connectivity index (χ2n) is 5.81. The Kier molecular flexibility index (Phi) is 6.03. The lowest BCUT2D eigenvalue weighted by atomic mass is 10.2. The molecule has 150 valence electrons. The number of carbonyl (C=O) groups excluding carboxylic acids is 2. The van der Waals surface area contributed by atoms with Crippen LogP contribution >= 0.6 is 11.3 Å². The number of aromatic nitrogens is 1. The fraction of sp³-hybridized carbons (Fsp3) is 0.211. The summed E-state index contributed by atoms with van der Waals surface area (Å²) in [6, 6.07) is 10.7. The lowest BCUT2D eigenvalue weighted by Gasteiger charge is -2.08. The fourth-order valence-electron chi connectivity index (χ4n) is 2.73. The van der Waals surface area contributed by atoms with Crippen LogP contribution < -0.4 is 9.54 Å². The highest BCUT2D eigenvalue weighted by Gasteiger charge is 2.17. The number of hydrogen-bond donors (Lipinski definition) is 0. The minimum absolute atomic E-state index is 0.0753. The van der Waals surface area contributed by atoms with Crippen LogP contribution in [0.1, 0.15) is 17.3 Å². The third kappa shape index (κ3) is 4.32. The topological polar surface area (TPSA) is 113 Å². The smallest absolute Gasteiger partial charge is 0.326 e. The van der Waals surface area contributed by atoms with E-state index in [-0.39, 0.29) is 29.2 Å². The van der Waals surface area contributed by atoms with E-state index in [1.807, 2.05) is 6.07 Å². The van der Waals surface area contributed by atoms with Gasteiger partial charge in [0.05, 0.1) is 23.3 Å². The average molecular weight is 415 g/mol. The van der Waals surface area contributed by atoms with E-state index in [0.29, 0.717) is 11.3 Å². The van der Waals surface area contributed by atoms with Crippen molar-refractivity contribution in [1.29, 1.82) is 0 Å². The quantitative estimate of drug-likeness (QED) is 0.347. The van der Waals surface area contributed by atoms with Crippen molar-refractivity contribution in [2.24, 2.45) is 4.99 Å². The molecule has 1 heterocycles. The lowest BCUT2D eigenvalue weighted by Crippen LogP contribution is -2.23. The van der Waals surface area contributed by atoms with Gasteiger partial charge in [0.15, 0.2) is 4.80 Å². The molecular weight excluding hydrogens is 398 g/mol. The Hall–Kier alpha value is -3.53. The minimum Gasteiger partial charge on any atom is -0.495 e. The number of nitro benzene ring substituents is 1. The number of thiazole rings is 1. The molecular formula is C19H17N3O6S. The predicted molar refractivity (Wildman–Crippen MR) is 106 cm³/mol. The van der Waals surface area contributed by atoms with Gasteiger partial charge in [0.2, 0.25) is 0 Å². The molecule has 0 aliphatic carbocycles. The first kappa shape index (κ1) is 20.2. The highest BCUT2D eigenvalue weighted by molar-refractivity contribution is 7.16. The van der Waals surface area contributed by atoms with Crippen LogP contribution in [0.3, 0.4) is 0 Å². The summed E-state index contributed by atoms with van der Waals surface area (Å²) in [5.41, 5.74) is 0.480. The summed E-state index contributed by atoms with van der Waals surface area (Å²) < 4.78 is 12.7. The molecule has 0 saturated carbocycles. The van der Waals surface area contributed by atoms with Crippen LogP contribution in [0, 0.1) is 10.1 Å². The number of para-hydroxylation sites is 1. The standard InChI is InChI=1S/C19H17N3O6S/c1-3-28-16(23)11-21-17-14(27-2)8-5-9-15(17)29-19(21)20-18(24)12-6-4-7-13(10-12)22(25)26/h4-10H,3,11H2,1-2H3. The first-order valence-electron chi connectivity index (χ1n) is 8.60. The summed E-state index contributed by atoms with van der Waals surface area (Å²) in [6.45, 7) is 1.76. The summed E-state index contributed by atoms with van der Waals surface area (Å²) in [5, 5.41) is 11.0. The van der Waals surface area contributed by atoms with E-state index in [0.717, 1.165) is 10.8 Å². The molecule has 29 heavy (non-hydrogen) atoms. The van der Waals surface area contributed by atoms with E-state index in [1.54, 1.807) is 23.6 Å². The molecule has 1 aromatic heterocycles. The molecule has 0 unspecified atom stereocenters. The number of benzene rings is 2. The number of non-ortho nitro benzene ring substituents is 1. The summed E-state index contributed by atoms with van der Waals surface area (Å²) in [4.78, 5) is 39.5. The van der Waals surface area contributed by atoms with E-state index in [9.17, 15) is 19.7 Å². The number of nitro groups is 1. The van der Waals surface area contributed by atoms with Gasteiger partial charge < -0.3 is 14.0 Å². The largest absolute Gasteiger partial charge is 0.495 e. The van der Waals surface area contributed by atoms with Crippen LogP contribution in [0.15, 0.2) is 47.5 Å². The molecule has 3 aromatic rings. The Morgan fingerprint density at radius 1 is 1.24 bits per heavy atom. The van der Waals surface area contributed by atoms with Crippen molar-refractivity contribution in [2.75, 3.05) is 13.7 Å². The second-order valence-corrected chi connectivity index (χ2v) is 6.82. The van der Waals surface area contributed by atoms with Crippen molar-refractivity contribution in [2.45, 2.75) is 13.5 Å². The summed E-state index contributed by atoms with van der Waals surface area (Å²) in [6.07, 6.45) is 0. The number of amides is 1. The van der Waals surface area contributed by atoms with E-state index in [2.05, 4.69) is 4.99 Å². The third-order valence-corrected chi connectivity index (χ3v) is 5.02. The fourth-order valence-corrected chi connectivity index (χ4v) is 3.78. The molecule has 0 radical (unpaired) electrons. The molecule has 0 fully saturated rings. The molecule has 0 atom stereocenters. The number of carbonyl (C=O) groups is 2. The second kappa shape index (κ2) is 8.65. The normalized spacial score (nSPS) is 11.4. The van der Waals surface area contributed by atoms with Crippen LogP contribution in [0.25, 0.3) is 10.2 Å². The molecule has 0 aliphatic heterocycles. The van der Waals surface area contributed by atoms with Gasteiger partial charge in [-0.25, -0.2) is 0 Å². The van der Waals surface area contributed by atoms with Crippen molar-refractivity contribution in [3.63, 3.8) is 0 Å². The Morgan fingerprint density at radius 2 is 2.00 bits per heavy atom. The minimum atomic E-state index is -0.656. The lowest BCUT2D eigenvalue weighted by molar-refractivity contribution is -0.384. The first-order chi connectivity index (χ1) is 13.9. The average Bonchev–Trinajstić information content (AvgIpc) is 3.05. The maximum absolute atomic E-state index is 12.6. The molecule has 9 nitrogen and oxygen atoms in total. The van der Waals surface area contributed by atoms with Crippen LogP contribution in [-0.2, 0) is 16.1 Å². The van der Waals surface area contributed by atoms with Gasteiger partial charge in [-0.3, -0.25) is 19.7 Å². The summed E-state index contributed by atoms with van der Waals surface area (Å²) in [7, 11) is 1.51. The number of fused-ring (bicyclic) bond motifs is 1. The van der Waals surface area contributed by atoms with Crippen LogP contribution in [-0.4, -0.2) is 35.1 Å². The number of esters is 1. The summed E-state index contributed by atoms with van der Waals surface area (Å²) in [5.74, 6) is -0.619. The zero-order chi connectivity index (χ0) is 21.0. The number of rotatable bonds is 6. The Morgan fingerprint density at radius 3 is 2.69 bits per heavy atom. The summed E-state index contributed by atoms with van der Waals surface area (Å²) >= 11 is 1.20. The van der Waals surface area contributed by atoms with Gasteiger partial charge in [0, 0.05) is 17.7 Å². The van der Waals surface area contributed by atoms with Gasteiger partial charge >= 0.3 is 5.97 Å². The molecule has 1 amide bonds. The molecule has 0 N–H and O–H groups in total. The Balaban J connectivity index is 2.14. The van der Waals surface area contributed by atoms with E-state index in [1.165, 1.54) is 36.6 Å². The molecule has 10 heteroatoms. The molecule has 3 rings (SSSR count). The van der Waals surface area contributed by atoms with Gasteiger partial charge in [0.1, 0.15) is 17.8 Å². The van der Waals surface area contributed by atoms with Crippen LogP contribution in [0.5, 0.6) is 5.75 Å². The predicted octanol–water partition coefficient (Wildman–Crippen LogP) is 2.92. The zero-order valence-corrected chi connectivity index (χ0v) is 16.5. The van der Waals surface area contributed by atoms with Crippen LogP contribution in [0.4, 0.5) is 5.69 Å².